The molecule has 0 radical (unpaired) electrons. The molecule has 1 saturated carbocycles. The van der Waals surface area contributed by atoms with Gasteiger partial charge in [0.1, 0.15) is 5.75 Å². The Kier molecular flexibility index (Phi) is 3.82. The van der Waals surface area contributed by atoms with Gasteiger partial charge in [-0.15, -0.1) is 0 Å². The number of methoxy groups -OCH3 is 1. The van der Waals surface area contributed by atoms with Crippen molar-refractivity contribution in [3.8, 4) is 5.75 Å². The van der Waals surface area contributed by atoms with Gasteiger partial charge in [0.05, 0.1) is 19.6 Å². The highest BCUT2D eigenvalue weighted by Gasteiger charge is 2.39. The molecule has 2 amide bonds. The van der Waals surface area contributed by atoms with Crippen LogP contribution in [0.4, 0.5) is 0 Å². The molecule has 112 valence electrons. The number of hydrogen-bond acceptors (Lipinski definition) is 3. The zero-order valence-corrected chi connectivity index (χ0v) is 12.2. The third-order valence-electron chi connectivity index (χ3n) is 4.01. The van der Waals surface area contributed by atoms with Gasteiger partial charge in [-0.25, -0.2) is 0 Å². The number of hydrogen-bond donors (Lipinski definition) is 1. The van der Waals surface area contributed by atoms with Crippen molar-refractivity contribution in [1.29, 1.82) is 0 Å². The molecule has 1 N–H and O–H groups in total. The van der Waals surface area contributed by atoms with Crippen molar-refractivity contribution in [2.24, 2.45) is 0 Å². The normalized spacial score (nSPS) is 21.5. The molecule has 2 aliphatic rings. The summed E-state index contributed by atoms with van der Waals surface area (Å²) < 4.78 is 5.15. The molecule has 1 aromatic rings. The summed E-state index contributed by atoms with van der Waals surface area (Å²) in [5.74, 6) is 0.874. The Hall–Kier alpha value is -2.04. The number of likely N-dealkylation sites (tertiary alicyclic amines) is 1. The minimum atomic E-state index is -0.0452. The molecular weight excluding hydrogens is 268 g/mol. The van der Waals surface area contributed by atoms with Crippen LogP contribution in [0.1, 0.15) is 24.8 Å². The van der Waals surface area contributed by atoms with Gasteiger partial charge in [0.15, 0.2) is 0 Å². The van der Waals surface area contributed by atoms with Crippen LogP contribution in [0.25, 0.3) is 0 Å². The van der Waals surface area contributed by atoms with Gasteiger partial charge in [-0.3, -0.25) is 9.59 Å². The van der Waals surface area contributed by atoms with Gasteiger partial charge in [0, 0.05) is 19.0 Å². The monoisotopic (exact) mass is 288 g/mol. The van der Waals surface area contributed by atoms with Crippen molar-refractivity contribution in [2.45, 2.75) is 37.8 Å². The predicted octanol–water partition coefficient (Wildman–Crippen LogP) is 1.12. The maximum absolute atomic E-state index is 12.1. The van der Waals surface area contributed by atoms with Crippen LogP contribution >= 0.6 is 0 Å². The molecule has 1 heterocycles. The summed E-state index contributed by atoms with van der Waals surface area (Å²) in [6.45, 7) is 0.660. The lowest BCUT2D eigenvalue weighted by atomic mass is 10.1. The molecule has 5 nitrogen and oxygen atoms in total. The van der Waals surface area contributed by atoms with E-state index in [-0.39, 0.29) is 17.9 Å². The molecule has 3 rings (SSSR count). The van der Waals surface area contributed by atoms with Gasteiger partial charge in [0.2, 0.25) is 11.8 Å². The van der Waals surface area contributed by atoms with Crippen LogP contribution in [-0.2, 0) is 16.0 Å². The second kappa shape index (κ2) is 5.76. The molecule has 1 saturated heterocycles. The SMILES string of the molecule is COc1cccc(CC(=O)N[C@@H]2CC(=O)N(C3CC3)C2)c1. The maximum atomic E-state index is 12.1. The Morgan fingerprint density at radius 1 is 1.43 bits per heavy atom. The van der Waals surface area contributed by atoms with Crippen molar-refractivity contribution < 1.29 is 14.3 Å². The summed E-state index contributed by atoms with van der Waals surface area (Å²) in [6.07, 6.45) is 2.96. The molecule has 1 aliphatic carbocycles. The number of benzene rings is 1. The first-order valence-corrected chi connectivity index (χ1v) is 7.37. The third-order valence-corrected chi connectivity index (χ3v) is 4.01. The van der Waals surface area contributed by atoms with E-state index in [0.29, 0.717) is 25.4 Å². The fraction of sp³-hybridized carbons (Fsp3) is 0.500. The summed E-state index contributed by atoms with van der Waals surface area (Å²) >= 11 is 0. The lowest BCUT2D eigenvalue weighted by Gasteiger charge is -2.16. The molecule has 21 heavy (non-hydrogen) atoms. The number of amides is 2. The van der Waals surface area contributed by atoms with Crippen LogP contribution in [0.3, 0.4) is 0 Å². The van der Waals surface area contributed by atoms with Gasteiger partial charge in [0.25, 0.3) is 0 Å². The van der Waals surface area contributed by atoms with E-state index in [1.54, 1.807) is 7.11 Å². The molecule has 1 atom stereocenters. The van der Waals surface area contributed by atoms with E-state index in [2.05, 4.69) is 5.32 Å². The first-order valence-electron chi connectivity index (χ1n) is 7.37. The number of carbonyl (C=O) groups excluding carboxylic acids is 2. The van der Waals surface area contributed by atoms with E-state index in [0.717, 1.165) is 24.2 Å². The minimum absolute atomic E-state index is 0.0429. The molecular formula is C16H20N2O3. The average molecular weight is 288 g/mol. The van der Waals surface area contributed by atoms with E-state index in [4.69, 9.17) is 4.74 Å². The molecule has 5 heteroatoms. The van der Waals surface area contributed by atoms with Gasteiger partial charge < -0.3 is 15.0 Å². The van der Waals surface area contributed by atoms with E-state index in [9.17, 15) is 9.59 Å². The lowest BCUT2D eigenvalue weighted by Crippen LogP contribution is -2.38. The Balaban J connectivity index is 1.53. The summed E-state index contributed by atoms with van der Waals surface area (Å²) in [5, 5.41) is 2.97. The van der Waals surface area contributed by atoms with E-state index >= 15 is 0 Å². The summed E-state index contributed by atoms with van der Waals surface area (Å²) in [7, 11) is 1.61. The molecule has 2 fully saturated rings. The first kappa shape index (κ1) is 13.9. The van der Waals surface area contributed by atoms with Crippen LogP contribution in [0.2, 0.25) is 0 Å². The Morgan fingerprint density at radius 2 is 2.24 bits per heavy atom. The first-order chi connectivity index (χ1) is 10.2. The van der Waals surface area contributed by atoms with E-state index in [1.165, 1.54) is 0 Å². The molecule has 1 aromatic carbocycles. The molecule has 1 aliphatic heterocycles. The molecule has 0 aromatic heterocycles. The predicted molar refractivity (Wildman–Crippen MR) is 78.0 cm³/mol. The number of carbonyl (C=O) groups is 2. The van der Waals surface area contributed by atoms with Gasteiger partial charge in [-0.2, -0.15) is 0 Å². The summed E-state index contributed by atoms with van der Waals surface area (Å²) in [4.78, 5) is 25.8. The quantitative estimate of drug-likeness (QED) is 0.883. The van der Waals surface area contributed by atoms with Crippen LogP contribution in [0.5, 0.6) is 5.75 Å². The summed E-state index contributed by atoms with van der Waals surface area (Å²) in [5.41, 5.74) is 0.912. The van der Waals surface area contributed by atoms with Crippen molar-refractivity contribution in [2.75, 3.05) is 13.7 Å². The van der Waals surface area contributed by atoms with Crippen LogP contribution < -0.4 is 10.1 Å². The average Bonchev–Trinajstić information content (AvgIpc) is 3.23. The standard InChI is InChI=1S/C16H20N2O3/c1-21-14-4-2-3-11(7-14)8-15(19)17-12-9-16(20)18(10-12)13-5-6-13/h2-4,7,12-13H,5-6,8-10H2,1H3,(H,17,19)/t12-/m1/s1. The number of nitrogens with zero attached hydrogens (tertiary/aromatic N) is 1. The highest BCUT2D eigenvalue weighted by Crippen LogP contribution is 2.30. The fourth-order valence-corrected chi connectivity index (χ4v) is 2.81. The molecule has 0 unspecified atom stereocenters. The number of nitrogens with one attached hydrogen (secondary N) is 1. The van der Waals surface area contributed by atoms with Gasteiger partial charge in [-0.05, 0) is 30.5 Å². The zero-order valence-electron chi connectivity index (χ0n) is 12.2. The van der Waals surface area contributed by atoms with Gasteiger partial charge >= 0.3 is 0 Å². The smallest absolute Gasteiger partial charge is 0.225 e. The zero-order chi connectivity index (χ0) is 14.8. The highest BCUT2D eigenvalue weighted by molar-refractivity contribution is 5.83. The lowest BCUT2D eigenvalue weighted by molar-refractivity contribution is -0.128. The van der Waals surface area contributed by atoms with Crippen LogP contribution in [0.15, 0.2) is 24.3 Å². The van der Waals surface area contributed by atoms with Crippen molar-refractivity contribution >= 4 is 11.8 Å². The van der Waals surface area contributed by atoms with Crippen LogP contribution in [-0.4, -0.2) is 42.5 Å². The number of rotatable bonds is 5. The fourth-order valence-electron chi connectivity index (χ4n) is 2.81. The minimum Gasteiger partial charge on any atom is -0.497 e. The second-order valence-electron chi connectivity index (χ2n) is 5.77. The highest BCUT2D eigenvalue weighted by atomic mass is 16.5. The summed E-state index contributed by atoms with van der Waals surface area (Å²) in [6, 6.07) is 7.86. The van der Waals surface area contributed by atoms with Crippen molar-refractivity contribution in [3.05, 3.63) is 29.8 Å². The number of ether oxygens (including phenoxy) is 1. The molecule has 0 spiro atoms. The topological polar surface area (TPSA) is 58.6 Å². The maximum Gasteiger partial charge on any atom is 0.225 e. The van der Waals surface area contributed by atoms with Crippen molar-refractivity contribution in [1.82, 2.24) is 10.2 Å². The Bertz CT molecular complexity index is 554. The molecule has 0 bridgehead atoms. The van der Waals surface area contributed by atoms with E-state index < -0.39 is 0 Å². The Labute approximate surface area is 124 Å². The van der Waals surface area contributed by atoms with E-state index in [1.807, 2.05) is 29.2 Å². The van der Waals surface area contributed by atoms with Crippen LogP contribution in [0, 0.1) is 0 Å². The van der Waals surface area contributed by atoms with Gasteiger partial charge in [-0.1, -0.05) is 12.1 Å². The van der Waals surface area contributed by atoms with Crippen molar-refractivity contribution in [3.63, 3.8) is 0 Å². The Morgan fingerprint density at radius 3 is 2.95 bits per heavy atom. The largest absolute Gasteiger partial charge is 0.497 e. The third kappa shape index (κ3) is 3.35. The second-order valence-corrected chi connectivity index (χ2v) is 5.77.